The summed E-state index contributed by atoms with van der Waals surface area (Å²) in [6, 6.07) is 5.84. The van der Waals surface area contributed by atoms with Gasteiger partial charge in [-0.2, -0.15) is 0 Å². The molecule has 9 nitrogen and oxygen atoms in total. The molecule has 0 radical (unpaired) electrons. The number of nitrogens with zero attached hydrogens (tertiary/aromatic N) is 3. The highest BCUT2D eigenvalue weighted by molar-refractivity contribution is 6.12. The zero-order valence-corrected chi connectivity index (χ0v) is 15.8. The molecular formula is C19H20N4O5. The molecule has 146 valence electrons. The Morgan fingerprint density at radius 1 is 1.39 bits per heavy atom. The third kappa shape index (κ3) is 3.31. The molecule has 0 saturated heterocycles. The fraction of sp³-hybridized carbons (Fsp3) is 0.316. The Bertz CT molecular complexity index is 943. The third-order valence-corrected chi connectivity index (χ3v) is 4.70. The van der Waals surface area contributed by atoms with Gasteiger partial charge in [0.2, 0.25) is 5.91 Å². The number of hydrogen-bond acceptors (Lipinski definition) is 6. The summed E-state index contributed by atoms with van der Waals surface area (Å²) < 4.78 is 5.06. The van der Waals surface area contributed by atoms with Gasteiger partial charge in [0, 0.05) is 43.7 Å². The topological polar surface area (TPSA) is 115 Å². The molecule has 0 unspecified atom stereocenters. The first-order chi connectivity index (χ1) is 13.3. The van der Waals surface area contributed by atoms with Crippen LogP contribution in [0.15, 0.2) is 36.7 Å². The van der Waals surface area contributed by atoms with Crippen LogP contribution in [0.1, 0.15) is 29.8 Å². The van der Waals surface area contributed by atoms with Gasteiger partial charge in [-0.1, -0.05) is 0 Å². The summed E-state index contributed by atoms with van der Waals surface area (Å²) in [4.78, 5) is 41.8. The molecule has 3 rings (SSSR count). The van der Waals surface area contributed by atoms with Crippen molar-refractivity contribution in [2.24, 2.45) is 0 Å². The molecule has 28 heavy (non-hydrogen) atoms. The Balaban J connectivity index is 2.12. The van der Waals surface area contributed by atoms with Crippen LogP contribution in [0.3, 0.4) is 0 Å². The molecule has 2 heterocycles. The van der Waals surface area contributed by atoms with Gasteiger partial charge in [0.05, 0.1) is 33.9 Å². The van der Waals surface area contributed by atoms with Crippen molar-refractivity contribution >= 4 is 28.9 Å². The van der Waals surface area contributed by atoms with Crippen LogP contribution in [0.4, 0.5) is 17.1 Å². The maximum absolute atomic E-state index is 13.0. The molecule has 1 N–H and O–H groups in total. The lowest BCUT2D eigenvalue weighted by Gasteiger charge is -2.20. The Hall–Kier alpha value is -3.33. The average molecular weight is 384 g/mol. The van der Waals surface area contributed by atoms with Crippen LogP contribution in [0, 0.1) is 10.1 Å². The van der Waals surface area contributed by atoms with E-state index < -0.39 is 16.2 Å². The normalized spacial score (nSPS) is 14.7. The number of nitrogens with one attached hydrogen (secondary N) is 1. The Morgan fingerprint density at radius 3 is 2.75 bits per heavy atom. The number of aromatic nitrogens is 1. The lowest BCUT2D eigenvalue weighted by atomic mass is 9.84. The summed E-state index contributed by atoms with van der Waals surface area (Å²) in [5.41, 5.74) is 0.306. The lowest BCUT2D eigenvalue weighted by molar-refractivity contribution is -0.384. The monoisotopic (exact) mass is 384 g/mol. The first-order valence-corrected chi connectivity index (χ1v) is 8.62. The molecule has 1 aromatic carbocycles. The summed E-state index contributed by atoms with van der Waals surface area (Å²) in [7, 11) is 1.51. The second kappa shape index (κ2) is 7.35. The molecule has 0 atom stereocenters. The number of methoxy groups -OCH3 is 1. The number of nitro benzene ring substituents is 1. The summed E-state index contributed by atoms with van der Waals surface area (Å²) in [5.74, 6) is -0.675. The first-order valence-electron chi connectivity index (χ1n) is 8.62. The molecule has 0 bridgehead atoms. The van der Waals surface area contributed by atoms with Crippen molar-refractivity contribution in [2.75, 3.05) is 30.5 Å². The van der Waals surface area contributed by atoms with Crippen molar-refractivity contribution in [3.63, 3.8) is 0 Å². The summed E-state index contributed by atoms with van der Waals surface area (Å²) >= 11 is 0. The van der Waals surface area contributed by atoms with Gasteiger partial charge in [-0.05, 0) is 26.0 Å². The summed E-state index contributed by atoms with van der Waals surface area (Å²) in [6.45, 7) is 3.99. The minimum absolute atomic E-state index is 0.211. The number of carbonyl (C=O) groups excluding carboxylic acids is 2. The Kier molecular flexibility index (Phi) is 5.10. The van der Waals surface area contributed by atoms with E-state index in [4.69, 9.17) is 4.74 Å². The fourth-order valence-electron chi connectivity index (χ4n) is 3.34. The minimum atomic E-state index is -0.963. The van der Waals surface area contributed by atoms with E-state index in [-0.39, 0.29) is 30.4 Å². The van der Waals surface area contributed by atoms with Gasteiger partial charge in [0.25, 0.3) is 11.6 Å². The summed E-state index contributed by atoms with van der Waals surface area (Å²) in [5, 5.41) is 14.1. The van der Waals surface area contributed by atoms with Crippen LogP contribution in [0.5, 0.6) is 0 Å². The molecule has 2 amide bonds. The van der Waals surface area contributed by atoms with Crippen LogP contribution in [-0.2, 0) is 14.9 Å². The molecule has 0 aliphatic carbocycles. The maximum Gasteiger partial charge on any atom is 0.273 e. The highest BCUT2D eigenvalue weighted by atomic mass is 16.6. The molecule has 0 saturated carbocycles. The molecule has 1 aromatic heterocycles. The number of pyridine rings is 1. The van der Waals surface area contributed by atoms with Crippen LogP contribution >= 0.6 is 0 Å². The van der Waals surface area contributed by atoms with Gasteiger partial charge in [-0.3, -0.25) is 24.7 Å². The van der Waals surface area contributed by atoms with E-state index in [1.165, 1.54) is 36.5 Å². The number of hydrogen-bond donors (Lipinski definition) is 1. The van der Waals surface area contributed by atoms with Crippen LogP contribution in [0.25, 0.3) is 0 Å². The first kappa shape index (κ1) is 19.4. The number of carbonyl (C=O) groups is 2. The lowest BCUT2D eigenvalue weighted by Crippen LogP contribution is -2.38. The van der Waals surface area contributed by atoms with E-state index in [1.807, 2.05) is 0 Å². The predicted octanol–water partition coefficient (Wildman–Crippen LogP) is 2.51. The molecule has 9 heteroatoms. The van der Waals surface area contributed by atoms with E-state index in [9.17, 15) is 19.7 Å². The highest BCUT2D eigenvalue weighted by Crippen LogP contribution is 2.47. The fourth-order valence-corrected chi connectivity index (χ4v) is 3.34. The van der Waals surface area contributed by atoms with Crippen molar-refractivity contribution in [3.8, 4) is 0 Å². The SMILES string of the molecule is COCCN1C(=O)C(C)(C)c2c(NC(=O)c3cccnc3)cc([N+](=O)[O-])cc21. The predicted molar refractivity (Wildman–Crippen MR) is 103 cm³/mol. The number of nitro groups is 1. The maximum atomic E-state index is 13.0. The quantitative estimate of drug-likeness (QED) is 0.604. The van der Waals surface area contributed by atoms with Crippen molar-refractivity contribution in [1.82, 2.24) is 4.98 Å². The number of non-ortho nitro benzene ring substituents is 1. The van der Waals surface area contributed by atoms with E-state index >= 15 is 0 Å². The van der Waals surface area contributed by atoms with E-state index in [1.54, 1.807) is 26.0 Å². The van der Waals surface area contributed by atoms with Gasteiger partial charge in [0.15, 0.2) is 0 Å². The highest BCUT2D eigenvalue weighted by Gasteiger charge is 2.46. The smallest absolute Gasteiger partial charge is 0.273 e. The molecule has 1 aliphatic heterocycles. The van der Waals surface area contributed by atoms with Crippen LogP contribution < -0.4 is 10.2 Å². The summed E-state index contributed by atoms with van der Waals surface area (Å²) in [6.07, 6.45) is 2.94. The van der Waals surface area contributed by atoms with Gasteiger partial charge >= 0.3 is 0 Å². The molecule has 0 spiro atoms. The molecular weight excluding hydrogens is 364 g/mol. The molecule has 0 fully saturated rings. The van der Waals surface area contributed by atoms with Gasteiger partial charge in [-0.25, -0.2) is 0 Å². The number of benzene rings is 1. The van der Waals surface area contributed by atoms with Crippen molar-refractivity contribution < 1.29 is 19.2 Å². The standard InChI is InChI=1S/C19H20N4O5/c1-19(2)16-14(21-17(24)12-5-4-6-20-11-12)9-13(23(26)27)10-15(16)22(18(19)25)7-8-28-3/h4-6,9-11H,7-8H2,1-3H3,(H,21,24). The third-order valence-electron chi connectivity index (χ3n) is 4.70. The number of rotatable bonds is 6. The average Bonchev–Trinajstić information content (AvgIpc) is 2.86. The number of amides is 2. The van der Waals surface area contributed by atoms with Crippen molar-refractivity contribution in [1.29, 1.82) is 0 Å². The zero-order chi connectivity index (χ0) is 20.5. The molecule has 2 aromatic rings. The second-order valence-electron chi connectivity index (χ2n) is 6.91. The van der Waals surface area contributed by atoms with E-state index in [0.717, 1.165) is 0 Å². The van der Waals surface area contributed by atoms with Gasteiger partial charge in [0.1, 0.15) is 0 Å². The van der Waals surface area contributed by atoms with Crippen LogP contribution in [0.2, 0.25) is 0 Å². The van der Waals surface area contributed by atoms with Gasteiger partial charge < -0.3 is 15.0 Å². The Morgan fingerprint density at radius 2 is 2.14 bits per heavy atom. The largest absolute Gasteiger partial charge is 0.383 e. The van der Waals surface area contributed by atoms with Crippen molar-refractivity contribution in [2.45, 2.75) is 19.3 Å². The van der Waals surface area contributed by atoms with Crippen molar-refractivity contribution in [3.05, 3.63) is 57.9 Å². The Labute approximate surface area is 161 Å². The number of anilines is 2. The molecule has 1 aliphatic rings. The van der Waals surface area contributed by atoms with E-state index in [0.29, 0.717) is 16.8 Å². The number of fused-ring (bicyclic) bond motifs is 1. The number of ether oxygens (including phenoxy) is 1. The van der Waals surface area contributed by atoms with E-state index in [2.05, 4.69) is 10.3 Å². The van der Waals surface area contributed by atoms with Crippen LogP contribution in [-0.4, -0.2) is 42.0 Å². The second-order valence-corrected chi connectivity index (χ2v) is 6.91. The zero-order valence-electron chi connectivity index (χ0n) is 15.8. The minimum Gasteiger partial charge on any atom is -0.383 e. The van der Waals surface area contributed by atoms with Gasteiger partial charge in [-0.15, -0.1) is 0 Å².